The summed E-state index contributed by atoms with van der Waals surface area (Å²) in [5.41, 5.74) is 0.967. The minimum absolute atomic E-state index is 0.0817. The number of likely N-dealkylation sites (N-methyl/N-ethyl adjacent to an activating group) is 1. The second-order valence-electron chi connectivity index (χ2n) is 5.80. The van der Waals surface area contributed by atoms with Crippen LogP contribution in [-0.4, -0.2) is 35.6 Å². The molecule has 1 aromatic rings. The van der Waals surface area contributed by atoms with Gasteiger partial charge in [-0.2, -0.15) is 0 Å². The van der Waals surface area contributed by atoms with Crippen LogP contribution in [0.3, 0.4) is 0 Å². The molecular formula is C17H22N2O3. The molecule has 2 rings (SSSR count). The molecule has 1 saturated carbocycles. The number of rotatable bonds is 3. The molecule has 0 saturated heterocycles. The lowest BCUT2D eigenvalue weighted by atomic mass is 9.94. The van der Waals surface area contributed by atoms with Crippen molar-refractivity contribution in [1.82, 2.24) is 4.90 Å². The van der Waals surface area contributed by atoms with Crippen molar-refractivity contribution in [2.45, 2.75) is 45.1 Å². The zero-order valence-corrected chi connectivity index (χ0v) is 13.1. The molecule has 1 fully saturated rings. The van der Waals surface area contributed by atoms with Gasteiger partial charge in [0.15, 0.2) is 5.78 Å². The summed E-state index contributed by atoms with van der Waals surface area (Å²) >= 11 is 0. The van der Waals surface area contributed by atoms with Crippen molar-refractivity contribution in [3.63, 3.8) is 0 Å². The van der Waals surface area contributed by atoms with Gasteiger partial charge in [-0.05, 0) is 31.9 Å². The number of hydrogen-bond donors (Lipinski definition) is 1. The summed E-state index contributed by atoms with van der Waals surface area (Å²) in [5, 5.41) is 2.57. The summed E-state index contributed by atoms with van der Waals surface area (Å²) in [7, 11) is 1.68. The lowest BCUT2D eigenvalue weighted by Gasteiger charge is -2.30. The molecule has 0 spiro atoms. The van der Waals surface area contributed by atoms with E-state index >= 15 is 0 Å². The quantitative estimate of drug-likeness (QED) is 0.689. The molecule has 5 nitrogen and oxygen atoms in total. The van der Waals surface area contributed by atoms with Crippen LogP contribution in [0.1, 0.15) is 49.4 Å². The second kappa shape index (κ2) is 7.20. The van der Waals surface area contributed by atoms with Gasteiger partial charge in [0.25, 0.3) is 0 Å². The first kappa shape index (κ1) is 16.2. The lowest BCUT2D eigenvalue weighted by Crippen LogP contribution is -2.44. The molecule has 1 aromatic carbocycles. The van der Waals surface area contributed by atoms with Crippen LogP contribution in [0.25, 0.3) is 0 Å². The summed E-state index contributed by atoms with van der Waals surface area (Å²) < 4.78 is 0. The van der Waals surface area contributed by atoms with Gasteiger partial charge in [0.1, 0.15) is 0 Å². The van der Waals surface area contributed by atoms with Crippen LogP contribution in [-0.2, 0) is 9.59 Å². The molecule has 0 aliphatic heterocycles. The van der Waals surface area contributed by atoms with Crippen molar-refractivity contribution < 1.29 is 14.4 Å². The molecule has 0 radical (unpaired) electrons. The zero-order chi connectivity index (χ0) is 16.1. The number of carbonyl (C=O) groups is 3. The Morgan fingerprint density at radius 2 is 1.82 bits per heavy atom. The number of nitrogens with one attached hydrogen (secondary N) is 1. The summed E-state index contributed by atoms with van der Waals surface area (Å²) in [4.78, 5) is 37.2. The van der Waals surface area contributed by atoms with E-state index < -0.39 is 11.8 Å². The minimum atomic E-state index is -0.659. The van der Waals surface area contributed by atoms with E-state index in [1.807, 2.05) is 0 Å². The van der Waals surface area contributed by atoms with E-state index in [0.29, 0.717) is 11.3 Å². The van der Waals surface area contributed by atoms with E-state index in [0.717, 1.165) is 25.7 Å². The fraction of sp³-hybridized carbons (Fsp3) is 0.471. The van der Waals surface area contributed by atoms with Crippen LogP contribution in [0, 0.1) is 0 Å². The summed E-state index contributed by atoms with van der Waals surface area (Å²) in [6.45, 7) is 1.46. The van der Waals surface area contributed by atoms with E-state index in [-0.39, 0.29) is 11.8 Å². The third-order valence-corrected chi connectivity index (χ3v) is 4.16. The topological polar surface area (TPSA) is 66.5 Å². The number of carbonyl (C=O) groups excluding carboxylic acids is 3. The van der Waals surface area contributed by atoms with Gasteiger partial charge in [0.2, 0.25) is 0 Å². The number of anilines is 1. The molecule has 1 aliphatic carbocycles. The fourth-order valence-corrected chi connectivity index (χ4v) is 2.79. The van der Waals surface area contributed by atoms with E-state index in [1.54, 1.807) is 36.2 Å². The van der Waals surface area contributed by atoms with Crippen molar-refractivity contribution in [1.29, 1.82) is 0 Å². The SMILES string of the molecule is CC(=O)c1cccc(NC(=O)C(=O)N(C)C2CCCCC2)c1. The zero-order valence-electron chi connectivity index (χ0n) is 13.1. The maximum Gasteiger partial charge on any atom is 0.313 e. The van der Waals surface area contributed by atoms with Crippen molar-refractivity contribution in [2.75, 3.05) is 12.4 Å². The molecule has 0 aromatic heterocycles. The van der Waals surface area contributed by atoms with Crippen LogP contribution in [0.4, 0.5) is 5.69 Å². The van der Waals surface area contributed by atoms with Gasteiger partial charge in [-0.25, -0.2) is 0 Å². The molecule has 1 aliphatic rings. The largest absolute Gasteiger partial charge is 0.335 e. The Morgan fingerprint density at radius 3 is 2.45 bits per heavy atom. The molecule has 2 amide bonds. The lowest BCUT2D eigenvalue weighted by molar-refractivity contribution is -0.144. The average molecular weight is 302 g/mol. The Balaban J connectivity index is 2.00. The van der Waals surface area contributed by atoms with E-state index in [9.17, 15) is 14.4 Å². The van der Waals surface area contributed by atoms with Gasteiger partial charge in [-0.3, -0.25) is 14.4 Å². The van der Waals surface area contributed by atoms with Crippen molar-refractivity contribution in [3.8, 4) is 0 Å². The maximum absolute atomic E-state index is 12.2. The van der Waals surface area contributed by atoms with Crippen LogP contribution in [0.5, 0.6) is 0 Å². The van der Waals surface area contributed by atoms with Crippen LogP contribution in [0.15, 0.2) is 24.3 Å². The maximum atomic E-state index is 12.2. The van der Waals surface area contributed by atoms with Crippen LogP contribution in [0.2, 0.25) is 0 Å². The Bertz CT molecular complexity index is 577. The molecule has 1 N–H and O–H groups in total. The molecule has 22 heavy (non-hydrogen) atoms. The molecule has 5 heteroatoms. The van der Waals surface area contributed by atoms with Gasteiger partial charge in [-0.15, -0.1) is 0 Å². The van der Waals surface area contributed by atoms with Gasteiger partial charge in [-0.1, -0.05) is 31.4 Å². The summed E-state index contributed by atoms with van der Waals surface area (Å²) in [5.74, 6) is -1.27. The number of amides is 2. The number of ketones is 1. The van der Waals surface area contributed by atoms with E-state index in [2.05, 4.69) is 5.32 Å². The highest BCUT2D eigenvalue weighted by atomic mass is 16.2. The molecular weight excluding hydrogens is 280 g/mol. The second-order valence-corrected chi connectivity index (χ2v) is 5.80. The Hall–Kier alpha value is -2.17. The fourth-order valence-electron chi connectivity index (χ4n) is 2.79. The highest BCUT2D eigenvalue weighted by Crippen LogP contribution is 2.22. The molecule has 118 valence electrons. The summed E-state index contributed by atoms with van der Waals surface area (Å²) in [6.07, 6.45) is 5.31. The first-order valence-electron chi connectivity index (χ1n) is 7.68. The standard InChI is InChI=1S/C17H22N2O3/c1-12(20)13-7-6-8-14(11-13)18-16(21)17(22)19(2)15-9-4-3-5-10-15/h6-8,11,15H,3-5,9-10H2,1-2H3,(H,18,21). The normalized spacial score (nSPS) is 15.2. The molecule has 0 atom stereocenters. The highest BCUT2D eigenvalue weighted by molar-refractivity contribution is 6.39. The average Bonchev–Trinajstić information content (AvgIpc) is 2.54. The first-order chi connectivity index (χ1) is 10.5. The number of Topliss-reactive ketones (excluding diaryl/α,β-unsaturated/α-hetero) is 1. The minimum Gasteiger partial charge on any atom is -0.335 e. The number of benzene rings is 1. The Labute approximate surface area is 130 Å². The first-order valence-corrected chi connectivity index (χ1v) is 7.68. The predicted molar refractivity (Wildman–Crippen MR) is 84.7 cm³/mol. The highest BCUT2D eigenvalue weighted by Gasteiger charge is 2.26. The Kier molecular flexibility index (Phi) is 5.31. The van der Waals surface area contributed by atoms with Gasteiger partial charge >= 0.3 is 11.8 Å². The van der Waals surface area contributed by atoms with Crippen molar-refractivity contribution >= 4 is 23.3 Å². The van der Waals surface area contributed by atoms with Crippen LogP contribution >= 0.6 is 0 Å². The smallest absolute Gasteiger partial charge is 0.313 e. The van der Waals surface area contributed by atoms with Gasteiger partial charge in [0.05, 0.1) is 0 Å². The molecule has 0 heterocycles. The third-order valence-electron chi connectivity index (χ3n) is 4.16. The van der Waals surface area contributed by atoms with Crippen LogP contribution < -0.4 is 5.32 Å². The summed E-state index contributed by atoms with van der Waals surface area (Å²) in [6, 6.07) is 6.75. The third kappa shape index (κ3) is 3.93. The van der Waals surface area contributed by atoms with E-state index in [4.69, 9.17) is 0 Å². The Morgan fingerprint density at radius 1 is 1.14 bits per heavy atom. The predicted octanol–water partition coefficient (Wildman–Crippen LogP) is 2.62. The monoisotopic (exact) mass is 302 g/mol. The number of hydrogen-bond acceptors (Lipinski definition) is 3. The molecule has 0 unspecified atom stereocenters. The van der Waals surface area contributed by atoms with Gasteiger partial charge in [0, 0.05) is 24.3 Å². The van der Waals surface area contributed by atoms with Crippen molar-refractivity contribution in [3.05, 3.63) is 29.8 Å². The number of nitrogens with zero attached hydrogens (tertiary/aromatic N) is 1. The van der Waals surface area contributed by atoms with Gasteiger partial charge < -0.3 is 10.2 Å². The molecule has 0 bridgehead atoms. The van der Waals surface area contributed by atoms with Crippen molar-refractivity contribution in [2.24, 2.45) is 0 Å². The van der Waals surface area contributed by atoms with E-state index in [1.165, 1.54) is 13.3 Å².